The van der Waals surface area contributed by atoms with Gasteiger partial charge in [-0.1, -0.05) is 42.5 Å². The van der Waals surface area contributed by atoms with E-state index in [-0.39, 0.29) is 5.57 Å². The minimum atomic E-state index is -1.22. The molecule has 2 saturated heterocycles. The molecule has 4 rings (SSSR count). The number of hydrogen-bond donors (Lipinski definition) is 1. The number of allylic oxidation sites excluding steroid dienone is 4. The van der Waals surface area contributed by atoms with E-state index in [4.69, 9.17) is 10.4 Å². The smallest absolute Gasteiger partial charge is 0.346 e. The predicted octanol–water partition coefficient (Wildman–Crippen LogP) is 6.19. The molecule has 0 bridgehead atoms. The van der Waals surface area contributed by atoms with Crippen molar-refractivity contribution in [1.82, 2.24) is 0 Å². The van der Waals surface area contributed by atoms with E-state index in [1.165, 1.54) is 56.0 Å². The van der Waals surface area contributed by atoms with E-state index in [9.17, 15) is 4.79 Å². The zero-order chi connectivity index (χ0) is 24.5. The van der Waals surface area contributed by atoms with Crippen molar-refractivity contribution in [2.45, 2.75) is 38.5 Å². The summed E-state index contributed by atoms with van der Waals surface area (Å²) < 4.78 is 0. The summed E-state index contributed by atoms with van der Waals surface area (Å²) in [6.07, 6.45) is 14.3. The van der Waals surface area contributed by atoms with E-state index < -0.39 is 5.97 Å². The van der Waals surface area contributed by atoms with Crippen LogP contribution in [0.2, 0.25) is 0 Å². The first-order valence-corrected chi connectivity index (χ1v) is 12.6. The number of nitriles is 1. The van der Waals surface area contributed by atoms with Gasteiger partial charge < -0.3 is 14.9 Å². The summed E-state index contributed by atoms with van der Waals surface area (Å²) in [5.74, 6) is -1.22. The third-order valence-electron chi connectivity index (χ3n) is 6.79. The third-order valence-corrected chi connectivity index (χ3v) is 6.79. The van der Waals surface area contributed by atoms with Crippen molar-refractivity contribution < 1.29 is 9.90 Å². The summed E-state index contributed by atoms with van der Waals surface area (Å²) in [5.41, 5.74) is 5.48. The average molecular weight is 468 g/mol. The molecule has 0 aliphatic carbocycles. The number of piperidine rings is 2. The fourth-order valence-corrected chi connectivity index (χ4v) is 4.83. The summed E-state index contributed by atoms with van der Waals surface area (Å²) in [5, 5.41) is 18.0. The maximum Gasteiger partial charge on any atom is 0.346 e. The summed E-state index contributed by atoms with van der Waals surface area (Å²) in [7, 11) is 0. The van der Waals surface area contributed by atoms with Crippen LogP contribution in [0.3, 0.4) is 0 Å². The van der Waals surface area contributed by atoms with Gasteiger partial charge in [-0.3, -0.25) is 0 Å². The van der Waals surface area contributed by atoms with Gasteiger partial charge >= 0.3 is 5.97 Å². The van der Waals surface area contributed by atoms with Crippen LogP contribution in [0.15, 0.2) is 78.4 Å². The topological polar surface area (TPSA) is 67.6 Å². The van der Waals surface area contributed by atoms with Crippen molar-refractivity contribution in [3.63, 3.8) is 0 Å². The molecule has 180 valence electrons. The molecule has 0 atom stereocenters. The molecule has 2 aromatic rings. The number of carbonyl (C=O) groups is 1. The molecule has 0 saturated carbocycles. The normalized spacial score (nSPS) is 16.7. The van der Waals surface area contributed by atoms with Gasteiger partial charge in [0.15, 0.2) is 0 Å². The van der Waals surface area contributed by atoms with Gasteiger partial charge in [-0.05, 0) is 85.6 Å². The molecule has 2 fully saturated rings. The Labute approximate surface area is 208 Å². The van der Waals surface area contributed by atoms with Crippen LogP contribution in [-0.4, -0.2) is 37.3 Å². The number of carboxylic acids is 1. The summed E-state index contributed by atoms with van der Waals surface area (Å²) in [6, 6.07) is 19.1. The largest absolute Gasteiger partial charge is 0.477 e. The lowest BCUT2D eigenvalue weighted by atomic mass is 9.96. The molecule has 35 heavy (non-hydrogen) atoms. The maximum atomic E-state index is 11.1. The molecule has 2 aromatic carbocycles. The lowest BCUT2D eigenvalue weighted by Crippen LogP contribution is -2.29. The van der Waals surface area contributed by atoms with Crippen LogP contribution in [0.25, 0.3) is 5.57 Å². The van der Waals surface area contributed by atoms with Gasteiger partial charge in [0.05, 0.1) is 0 Å². The number of anilines is 2. The summed E-state index contributed by atoms with van der Waals surface area (Å²) in [4.78, 5) is 16.0. The van der Waals surface area contributed by atoms with Gasteiger partial charge in [0.2, 0.25) is 0 Å². The molecule has 0 radical (unpaired) electrons. The standard InChI is InChI=1S/C30H33N3O2/c31-23-26(30(34)35)9-3-4-10-29(24-11-15-27(16-12-24)32-19-5-1-6-20-32)25-13-17-28(18-14-25)33-21-7-2-8-22-33/h3-4,9-18H,1-2,5-8,19-22H2,(H,34,35)/b4-3+,26-9+. The minimum Gasteiger partial charge on any atom is -0.477 e. The monoisotopic (exact) mass is 467 g/mol. The van der Waals surface area contributed by atoms with Gasteiger partial charge in [-0.25, -0.2) is 4.79 Å². The highest BCUT2D eigenvalue weighted by molar-refractivity contribution is 5.91. The van der Waals surface area contributed by atoms with Crippen LogP contribution in [0.5, 0.6) is 0 Å². The van der Waals surface area contributed by atoms with Gasteiger partial charge in [0.25, 0.3) is 0 Å². The minimum absolute atomic E-state index is 0.284. The second kappa shape index (κ2) is 12.1. The number of rotatable bonds is 7. The fourth-order valence-electron chi connectivity index (χ4n) is 4.83. The quantitative estimate of drug-likeness (QED) is 0.299. The number of benzene rings is 2. The van der Waals surface area contributed by atoms with Crippen LogP contribution < -0.4 is 9.80 Å². The molecule has 5 heteroatoms. The summed E-state index contributed by atoms with van der Waals surface area (Å²) in [6.45, 7) is 4.44. The van der Waals surface area contributed by atoms with E-state index >= 15 is 0 Å². The lowest BCUT2D eigenvalue weighted by Gasteiger charge is -2.29. The Hall–Kier alpha value is -3.78. The molecule has 0 spiro atoms. The highest BCUT2D eigenvalue weighted by Gasteiger charge is 2.13. The van der Waals surface area contributed by atoms with Crippen molar-refractivity contribution in [3.8, 4) is 6.07 Å². The van der Waals surface area contributed by atoms with E-state index in [1.807, 2.05) is 6.08 Å². The van der Waals surface area contributed by atoms with Crippen LogP contribution >= 0.6 is 0 Å². The summed E-state index contributed by atoms with van der Waals surface area (Å²) >= 11 is 0. The van der Waals surface area contributed by atoms with Crippen molar-refractivity contribution >= 4 is 22.9 Å². The zero-order valence-electron chi connectivity index (χ0n) is 20.2. The Bertz CT molecular complexity index is 1060. The number of nitrogens with zero attached hydrogens (tertiary/aromatic N) is 3. The molecular weight excluding hydrogens is 434 g/mol. The molecule has 2 aliphatic heterocycles. The first kappa shape index (κ1) is 24.3. The number of aliphatic carboxylic acids is 1. The Balaban J connectivity index is 1.61. The van der Waals surface area contributed by atoms with E-state index in [2.05, 4.69) is 58.3 Å². The molecule has 2 aliphatic rings. The molecule has 0 unspecified atom stereocenters. The van der Waals surface area contributed by atoms with Gasteiger partial charge in [-0.15, -0.1) is 0 Å². The van der Waals surface area contributed by atoms with Crippen molar-refractivity contribution in [1.29, 1.82) is 5.26 Å². The van der Waals surface area contributed by atoms with Gasteiger partial charge in [0, 0.05) is 37.6 Å². The molecule has 5 nitrogen and oxygen atoms in total. The molecule has 0 amide bonds. The molecular formula is C30H33N3O2. The second-order valence-corrected chi connectivity index (χ2v) is 9.15. The van der Waals surface area contributed by atoms with Gasteiger partial charge in [0.1, 0.15) is 11.6 Å². The third kappa shape index (κ3) is 6.42. The Morgan fingerprint density at radius 3 is 1.54 bits per heavy atom. The van der Waals surface area contributed by atoms with Crippen molar-refractivity contribution in [2.75, 3.05) is 36.0 Å². The van der Waals surface area contributed by atoms with Crippen molar-refractivity contribution in [3.05, 3.63) is 89.5 Å². The lowest BCUT2D eigenvalue weighted by molar-refractivity contribution is -0.132. The fraction of sp³-hybridized carbons (Fsp3) is 0.333. The van der Waals surface area contributed by atoms with Crippen molar-refractivity contribution in [2.24, 2.45) is 0 Å². The van der Waals surface area contributed by atoms with Crippen LogP contribution in [0, 0.1) is 11.3 Å². The maximum absolute atomic E-state index is 11.1. The van der Waals surface area contributed by atoms with Gasteiger partial charge in [-0.2, -0.15) is 5.26 Å². The Kier molecular flexibility index (Phi) is 8.40. The SMILES string of the molecule is N#C/C(=C\C=C\C=C(c1ccc(N2CCCCC2)cc1)c1ccc(N2CCCCC2)cc1)C(=O)O. The molecule has 0 aromatic heterocycles. The first-order chi connectivity index (χ1) is 17.2. The Morgan fingerprint density at radius 1 is 0.714 bits per heavy atom. The highest BCUT2D eigenvalue weighted by Crippen LogP contribution is 2.29. The average Bonchev–Trinajstić information content (AvgIpc) is 2.92. The van der Waals surface area contributed by atoms with Crippen LogP contribution in [0.4, 0.5) is 11.4 Å². The Morgan fingerprint density at radius 2 is 1.14 bits per heavy atom. The van der Waals surface area contributed by atoms with Crippen LogP contribution in [-0.2, 0) is 4.79 Å². The second-order valence-electron chi connectivity index (χ2n) is 9.15. The van der Waals surface area contributed by atoms with Crippen LogP contribution in [0.1, 0.15) is 49.7 Å². The van der Waals surface area contributed by atoms with E-state index in [0.717, 1.165) is 42.9 Å². The van der Waals surface area contributed by atoms with E-state index in [0.29, 0.717) is 0 Å². The first-order valence-electron chi connectivity index (χ1n) is 12.6. The van der Waals surface area contributed by atoms with E-state index in [1.54, 1.807) is 18.2 Å². The molecule has 2 heterocycles. The number of carboxylic acid groups (broad SMARTS) is 1. The highest BCUT2D eigenvalue weighted by atomic mass is 16.4. The predicted molar refractivity (Wildman–Crippen MR) is 143 cm³/mol. The molecule has 1 N–H and O–H groups in total. The number of hydrogen-bond acceptors (Lipinski definition) is 4. The zero-order valence-corrected chi connectivity index (χ0v) is 20.2.